The van der Waals surface area contributed by atoms with Gasteiger partial charge in [-0.2, -0.15) is 11.8 Å². The Balaban J connectivity index is 2.03. The molecule has 0 saturated carbocycles. The molecule has 100 valence electrons. The molecule has 2 aromatic rings. The third-order valence-electron chi connectivity index (χ3n) is 3.91. The predicted molar refractivity (Wildman–Crippen MR) is 83.6 cm³/mol. The van der Waals surface area contributed by atoms with Crippen LogP contribution in [0.1, 0.15) is 24.9 Å². The minimum absolute atomic E-state index is 0.466. The van der Waals surface area contributed by atoms with E-state index < -0.39 is 0 Å². The van der Waals surface area contributed by atoms with Crippen LogP contribution in [0.5, 0.6) is 0 Å². The minimum atomic E-state index is 0.466. The number of fused-ring (bicyclic) bond motifs is 1. The van der Waals surface area contributed by atoms with Crippen LogP contribution in [0.15, 0.2) is 36.7 Å². The van der Waals surface area contributed by atoms with E-state index >= 15 is 0 Å². The summed E-state index contributed by atoms with van der Waals surface area (Å²) in [5.41, 5.74) is 1.42. The Labute approximate surface area is 119 Å². The molecular weight excluding hydrogens is 252 g/mol. The molecule has 3 heteroatoms. The van der Waals surface area contributed by atoms with Gasteiger partial charge in [0.05, 0.1) is 0 Å². The van der Waals surface area contributed by atoms with Gasteiger partial charge in [0, 0.05) is 23.8 Å². The standard InChI is InChI=1S/C16H20N2S/c1-2-18-16(13-7-9-19-11-13)14-5-3-4-12-6-8-17-10-15(12)14/h3-6,8,10,13,16,18H,2,7,9,11H2,1H3. The number of nitrogens with one attached hydrogen (secondary N) is 1. The van der Waals surface area contributed by atoms with Crippen molar-refractivity contribution in [1.82, 2.24) is 10.3 Å². The van der Waals surface area contributed by atoms with Crippen LogP contribution in [-0.2, 0) is 0 Å². The molecule has 0 spiro atoms. The summed E-state index contributed by atoms with van der Waals surface area (Å²) in [6, 6.07) is 9.18. The first kappa shape index (κ1) is 12.9. The molecule has 2 unspecified atom stereocenters. The second-order valence-electron chi connectivity index (χ2n) is 5.10. The molecule has 1 aromatic carbocycles. The summed E-state index contributed by atoms with van der Waals surface area (Å²) < 4.78 is 0. The lowest BCUT2D eigenvalue weighted by Crippen LogP contribution is -2.28. The summed E-state index contributed by atoms with van der Waals surface area (Å²) >= 11 is 2.08. The molecule has 0 radical (unpaired) electrons. The highest BCUT2D eigenvalue weighted by molar-refractivity contribution is 7.99. The van der Waals surface area contributed by atoms with Gasteiger partial charge in [-0.05, 0) is 47.4 Å². The highest BCUT2D eigenvalue weighted by Crippen LogP contribution is 2.36. The molecule has 2 atom stereocenters. The van der Waals surface area contributed by atoms with Gasteiger partial charge in [0.2, 0.25) is 0 Å². The second-order valence-corrected chi connectivity index (χ2v) is 6.25. The number of thioether (sulfide) groups is 1. The monoisotopic (exact) mass is 272 g/mol. The Morgan fingerprint density at radius 2 is 2.37 bits per heavy atom. The molecule has 1 aliphatic rings. The Morgan fingerprint density at radius 3 is 3.16 bits per heavy atom. The SMILES string of the molecule is CCNC(c1cccc2ccncc12)C1CCSC1. The van der Waals surface area contributed by atoms with Crippen LogP contribution in [0.3, 0.4) is 0 Å². The number of rotatable bonds is 4. The van der Waals surface area contributed by atoms with Crippen molar-refractivity contribution in [2.45, 2.75) is 19.4 Å². The van der Waals surface area contributed by atoms with E-state index in [0.29, 0.717) is 6.04 Å². The van der Waals surface area contributed by atoms with Crippen molar-refractivity contribution >= 4 is 22.5 Å². The van der Waals surface area contributed by atoms with Crippen molar-refractivity contribution in [3.05, 3.63) is 42.2 Å². The Hall–Kier alpha value is -1.06. The van der Waals surface area contributed by atoms with Crippen LogP contribution in [0.25, 0.3) is 10.8 Å². The van der Waals surface area contributed by atoms with Crippen molar-refractivity contribution in [2.75, 3.05) is 18.1 Å². The smallest absolute Gasteiger partial charge is 0.0363 e. The summed E-state index contributed by atoms with van der Waals surface area (Å²) in [4.78, 5) is 4.31. The van der Waals surface area contributed by atoms with Crippen molar-refractivity contribution in [3.8, 4) is 0 Å². The third-order valence-corrected chi connectivity index (χ3v) is 5.10. The normalized spacial score (nSPS) is 20.8. The van der Waals surface area contributed by atoms with Gasteiger partial charge in [0.1, 0.15) is 0 Å². The average Bonchev–Trinajstić information content (AvgIpc) is 2.98. The highest BCUT2D eigenvalue weighted by Gasteiger charge is 2.27. The fourth-order valence-electron chi connectivity index (χ4n) is 2.97. The van der Waals surface area contributed by atoms with Crippen LogP contribution in [0.2, 0.25) is 0 Å². The van der Waals surface area contributed by atoms with E-state index in [1.165, 1.54) is 34.3 Å². The first-order chi connectivity index (χ1) is 9.40. The van der Waals surface area contributed by atoms with Gasteiger partial charge in [-0.3, -0.25) is 4.98 Å². The van der Waals surface area contributed by atoms with Gasteiger partial charge >= 0.3 is 0 Å². The average molecular weight is 272 g/mol. The molecule has 1 aliphatic heterocycles. The molecule has 1 fully saturated rings. The molecule has 0 amide bonds. The molecule has 1 saturated heterocycles. The van der Waals surface area contributed by atoms with Crippen molar-refractivity contribution in [2.24, 2.45) is 5.92 Å². The maximum absolute atomic E-state index is 4.31. The van der Waals surface area contributed by atoms with Crippen molar-refractivity contribution in [1.29, 1.82) is 0 Å². The summed E-state index contributed by atoms with van der Waals surface area (Å²) in [6.45, 7) is 3.21. The largest absolute Gasteiger partial charge is 0.310 e. The number of benzene rings is 1. The van der Waals surface area contributed by atoms with Crippen LogP contribution >= 0.6 is 11.8 Å². The highest BCUT2D eigenvalue weighted by atomic mass is 32.2. The summed E-state index contributed by atoms with van der Waals surface area (Å²) in [5.74, 6) is 3.32. The quantitative estimate of drug-likeness (QED) is 0.920. The third kappa shape index (κ3) is 2.63. The van der Waals surface area contributed by atoms with Gasteiger partial charge in [-0.25, -0.2) is 0 Å². The summed E-state index contributed by atoms with van der Waals surface area (Å²) in [6.07, 6.45) is 5.20. The molecule has 19 heavy (non-hydrogen) atoms. The van der Waals surface area contributed by atoms with Gasteiger partial charge in [-0.1, -0.05) is 25.1 Å². The molecule has 1 N–H and O–H groups in total. The number of hydrogen-bond donors (Lipinski definition) is 1. The summed E-state index contributed by atoms with van der Waals surface area (Å²) in [5, 5.41) is 6.28. The van der Waals surface area contributed by atoms with Gasteiger partial charge < -0.3 is 5.32 Å². The number of pyridine rings is 1. The molecule has 2 heterocycles. The maximum atomic E-state index is 4.31. The lowest BCUT2D eigenvalue weighted by atomic mass is 9.89. The first-order valence-corrected chi connectivity index (χ1v) is 8.19. The van der Waals surface area contributed by atoms with E-state index in [1.807, 2.05) is 12.4 Å². The van der Waals surface area contributed by atoms with Crippen LogP contribution in [-0.4, -0.2) is 23.0 Å². The van der Waals surface area contributed by atoms with Crippen LogP contribution in [0, 0.1) is 5.92 Å². The molecule has 3 rings (SSSR count). The van der Waals surface area contributed by atoms with Crippen molar-refractivity contribution in [3.63, 3.8) is 0 Å². The fourth-order valence-corrected chi connectivity index (χ4v) is 4.27. The Bertz CT molecular complexity index is 544. The topological polar surface area (TPSA) is 24.9 Å². The second kappa shape index (κ2) is 5.93. The fraction of sp³-hybridized carbons (Fsp3) is 0.438. The zero-order chi connectivity index (χ0) is 13.1. The van der Waals surface area contributed by atoms with E-state index in [4.69, 9.17) is 0 Å². The molecule has 0 aliphatic carbocycles. The van der Waals surface area contributed by atoms with E-state index in [9.17, 15) is 0 Å². The van der Waals surface area contributed by atoms with Crippen molar-refractivity contribution < 1.29 is 0 Å². The minimum Gasteiger partial charge on any atom is -0.310 e. The molecule has 1 aromatic heterocycles. The van der Waals surface area contributed by atoms with E-state index in [2.05, 4.69) is 53.3 Å². The molecule has 2 nitrogen and oxygen atoms in total. The van der Waals surface area contributed by atoms with E-state index in [1.54, 1.807) is 0 Å². The number of nitrogens with zero attached hydrogens (tertiary/aromatic N) is 1. The lowest BCUT2D eigenvalue weighted by molar-refractivity contribution is 0.403. The zero-order valence-electron chi connectivity index (χ0n) is 11.3. The van der Waals surface area contributed by atoms with E-state index in [-0.39, 0.29) is 0 Å². The van der Waals surface area contributed by atoms with Crippen LogP contribution < -0.4 is 5.32 Å². The number of hydrogen-bond acceptors (Lipinski definition) is 3. The van der Waals surface area contributed by atoms with Gasteiger partial charge in [-0.15, -0.1) is 0 Å². The van der Waals surface area contributed by atoms with Gasteiger partial charge in [0.25, 0.3) is 0 Å². The predicted octanol–water partition coefficient (Wildman–Crippen LogP) is 3.64. The van der Waals surface area contributed by atoms with Crippen LogP contribution in [0.4, 0.5) is 0 Å². The number of aromatic nitrogens is 1. The summed E-state index contributed by atoms with van der Waals surface area (Å²) in [7, 11) is 0. The molecular formula is C16H20N2S. The lowest BCUT2D eigenvalue weighted by Gasteiger charge is -2.25. The first-order valence-electron chi connectivity index (χ1n) is 7.04. The van der Waals surface area contributed by atoms with Gasteiger partial charge in [0.15, 0.2) is 0 Å². The Kier molecular flexibility index (Phi) is 4.04. The maximum Gasteiger partial charge on any atom is 0.0363 e. The Morgan fingerprint density at radius 1 is 1.42 bits per heavy atom. The van der Waals surface area contributed by atoms with E-state index in [0.717, 1.165) is 12.5 Å². The zero-order valence-corrected chi connectivity index (χ0v) is 12.1. The molecule has 0 bridgehead atoms.